The second-order valence-corrected chi connectivity index (χ2v) is 7.42. The van der Waals surface area contributed by atoms with Crippen molar-refractivity contribution in [3.05, 3.63) is 100 Å². The van der Waals surface area contributed by atoms with Gasteiger partial charge < -0.3 is 0 Å². The zero-order valence-corrected chi connectivity index (χ0v) is 16.6. The van der Waals surface area contributed by atoms with Crippen LogP contribution in [-0.2, 0) is 0 Å². The molecular formula is C25H18FN3O. The molecule has 5 heteroatoms. The number of fused-ring (bicyclic) bond motifs is 3. The van der Waals surface area contributed by atoms with Crippen molar-refractivity contribution in [3.8, 4) is 16.8 Å². The largest absolute Gasteiger partial charge is 0.276 e. The average Bonchev–Trinajstić information content (AvgIpc) is 2.76. The lowest BCUT2D eigenvalue weighted by molar-refractivity contribution is 0.618. The van der Waals surface area contributed by atoms with E-state index in [9.17, 15) is 9.18 Å². The fourth-order valence-corrected chi connectivity index (χ4v) is 3.75. The molecule has 3 heterocycles. The smallest absolute Gasteiger partial charge is 0.255 e. The van der Waals surface area contributed by atoms with Gasteiger partial charge in [0.05, 0.1) is 11.0 Å². The first-order chi connectivity index (χ1) is 14.5. The van der Waals surface area contributed by atoms with E-state index in [1.807, 2.05) is 43.5 Å². The third-order valence-electron chi connectivity index (χ3n) is 5.36. The van der Waals surface area contributed by atoms with Crippen LogP contribution in [0.2, 0.25) is 0 Å². The van der Waals surface area contributed by atoms with E-state index in [4.69, 9.17) is 0 Å². The summed E-state index contributed by atoms with van der Waals surface area (Å²) in [7, 11) is 0. The molecule has 0 saturated heterocycles. The van der Waals surface area contributed by atoms with Crippen LogP contribution in [0, 0.1) is 19.7 Å². The standard InChI is InChI=1S/C25H18FN3O/c1-15-11-20(7-8-22(15)26)29-24(30)10-6-19-14-28-23-9-5-17(12-21(23)25(19)29)18-4-3-16(2)27-13-18/h3-14H,1-2H3. The summed E-state index contributed by atoms with van der Waals surface area (Å²) in [5.41, 5.74) is 5.39. The zero-order valence-electron chi connectivity index (χ0n) is 16.6. The summed E-state index contributed by atoms with van der Waals surface area (Å²) in [4.78, 5) is 21.9. The van der Waals surface area contributed by atoms with Gasteiger partial charge in [-0.1, -0.05) is 12.1 Å². The Morgan fingerprint density at radius 1 is 0.833 bits per heavy atom. The first-order valence-electron chi connectivity index (χ1n) is 9.65. The van der Waals surface area contributed by atoms with Crippen LogP contribution in [0.3, 0.4) is 0 Å². The van der Waals surface area contributed by atoms with E-state index in [2.05, 4.69) is 9.97 Å². The van der Waals surface area contributed by atoms with Crippen molar-refractivity contribution in [3.63, 3.8) is 0 Å². The Kier molecular flexibility index (Phi) is 4.17. The van der Waals surface area contributed by atoms with E-state index in [0.29, 0.717) is 11.3 Å². The number of hydrogen-bond acceptors (Lipinski definition) is 3. The fraction of sp³-hybridized carbons (Fsp3) is 0.0800. The number of rotatable bonds is 2. The molecule has 4 nitrogen and oxygen atoms in total. The second-order valence-electron chi connectivity index (χ2n) is 7.42. The van der Waals surface area contributed by atoms with Crippen molar-refractivity contribution in [1.82, 2.24) is 14.5 Å². The molecule has 5 rings (SSSR count). The van der Waals surface area contributed by atoms with Crippen molar-refractivity contribution in [2.24, 2.45) is 0 Å². The first-order valence-corrected chi connectivity index (χ1v) is 9.65. The molecule has 30 heavy (non-hydrogen) atoms. The van der Waals surface area contributed by atoms with E-state index < -0.39 is 0 Å². The number of pyridine rings is 3. The lowest BCUT2D eigenvalue weighted by Crippen LogP contribution is -2.18. The van der Waals surface area contributed by atoms with Crippen LogP contribution >= 0.6 is 0 Å². The van der Waals surface area contributed by atoms with Crippen LogP contribution in [0.25, 0.3) is 38.6 Å². The molecule has 0 bridgehead atoms. The molecule has 0 N–H and O–H groups in total. The molecule has 3 aromatic heterocycles. The van der Waals surface area contributed by atoms with E-state index in [1.165, 1.54) is 12.1 Å². The lowest BCUT2D eigenvalue weighted by atomic mass is 10.0. The van der Waals surface area contributed by atoms with Gasteiger partial charge in [0.25, 0.3) is 5.56 Å². The Bertz CT molecular complexity index is 1490. The number of hydrogen-bond donors (Lipinski definition) is 0. The summed E-state index contributed by atoms with van der Waals surface area (Å²) in [5.74, 6) is -0.298. The molecule has 2 aromatic carbocycles. The normalized spacial score (nSPS) is 11.3. The number of halogens is 1. The molecule has 0 aliphatic carbocycles. The molecule has 0 spiro atoms. The minimum absolute atomic E-state index is 0.177. The highest BCUT2D eigenvalue weighted by atomic mass is 19.1. The Labute approximate surface area is 172 Å². The second kappa shape index (κ2) is 6.88. The van der Waals surface area contributed by atoms with E-state index in [-0.39, 0.29) is 11.4 Å². The van der Waals surface area contributed by atoms with Crippen molar-refractivity contribution >= 4 is 21.8 Å². The molecular weight excluding hydrogens is 377 g/mol. The highest BCUT2D eigenvalue weighted by molar-refractivity contribution is 6.05. The monoisotopic (exact) mass is 395 g/mol. The number of benzene rings is 2. The topological polar surface area (TPSA) is 47.8 Å². The highest BCUT2D eigenvalue weighted by Crippen LogP contribution is 2.29. The summed E-state index contributed by atoms with van der Waals surface area (Å²) < 4.78 is 15.5. The maximum absolute atomic E-state index is 13.8. The van der Waals surface area contributed by atoms with E-state index in [1.54, 1.807) is 35.9 Å². The average molecular weight is 395 g/mol. The Morgan fingerprint density at radius 3 is 2.43 bits per heavy atom. The van der Waals surface area contributed by atoms with Gasteiger partial charge in [-0.2, -0.15) is 0 Å². The van der Waals surface area contributed by atoms with Crippen molar-refractivity contribution < 1.29 is 4.39 Å². The van der Waals surface area contributed by atoms with Gasteiger partial charge in [-0.15, -0.1) is 0 Å². The molecule has 146 valence electrons. The van der Waals surface area contributed by atoms with Crippen LogP contribution in [0.4, 0.5) is 4.39 Å². The van der Waals surface area contributed by atoms with Crippen LogP contribution in [0.5, 0.6) is 0 Å². The summed E-state index contributed by atoms with van der Waals surface area (Å²) in [5, 5.41) is 1.69. The van der Waals surface area contributed by atoms with Gasteiger partial charge in [-0.05, 0) is 67.4 Å². The van der Waals surface area contributed by atoms with Gasteiger partial charge in [0.15, 0.2) is 0 Å². The number of aryl methyl sites for hydroxylation is 2. The Hall–Kier alpha value is -3.86. The Balaban J connectivity index is 1.86. The Morgan fingerprint density at radius 2 is 1.67 bits per heavy atom. The predicted octanol–water partition coefficient (Wildman–Crippen LogP) is 5.36. The van der Waals surface area contributed by atoms with E-state index in [0.717, 1.165) is 38.6 Å². The van der Waals surface area contributed by atoms with Crippen molar-refractivity contribution in [1.29, 1.82) is 0 Å². The van der Waals surface area contributed by atoms with Gasteiger partial charge in [0.1, 0.15) is 5.82 Å². The SMILES string of the molecule is Cc1ccc(-c2ccc3ncc4ccc(=O)n(-c5ccc(F)c(C)c5)c4c3c2)cn1. The summed E-state index contributed by atoms with van der Waals surface area (Å²) >= 11 is 0. The van der Waals surface area contributed by atoms with Crippen molar-refractivity contribution in [2.75, 3.05) is 0 Å². The van der Waals surface area contributed by atoms with Crippen LogP contribution in [0.1, 0.15) is 11.3 Å². The summed E-state index contributed by atoms with van der Waals surface area (Å²) in [6.07, 6.45) is 3.60. The van der Waals surface area contributed by atoms with Crippen LogP contribution in [0.15, 0.2) is 77.9 Å². The minimum atomic E-state index is -0.298. The van der Waals surface area contributed by atoms with Crippen LogP contribution in [-0.4, -0.2) is 14.5 Å². The van der Waals surface area contributed by atoms with Gasteiger partial charge in [-0.25, -0.2) is 4.39 Å². The molecule has 0 aliphatic rings. The van der Waals surface area contributed by atoms with Crippen molar-refractivity contribution in [2.45, 2.75) is 13.8 Å². The van der Waals surface area contributed by atoms with Gasteiger partial charge in [-0.3, -0.25) is 19.3 Å². The maximum Gasteiger partial charge on any atom is 0.255 e. The fourth-order valence-electron chi connectivity index (χ4n) is 3.75. The van der Waals surface area contributed by atoms with Gasteiger partial charge in [0.2, 0.25) is 0 Å². The summed E-state index contributed by atoms with van der Waals surface area (Å²) in [6, 6.07) is 18.0. The molecule has 0 fully saturated rings. The van der Waals surface area contributed by atoms with Gasteiger partial charge in [0, 0.05) is 46.2 Å². The first kappa shape index (κ1) is 18.2. The minimum Gasteiger partial charge on any atom is -0.276 e. The lowest BCUT2D eigenvalue weighted by Gasteiger charge is -2.14. The quantitative estimate of drug-likeness (QED) is 0.378. The third kappa shape index (κ3) is 2.95. The summed E-state index contributed by atoms with van der Waals surface area (Å²) in [6.45, 7) is 3.64. The maximum atomic E-state index is 13.8. The predicted molar refractivity (Wildman–Crippen MR) is 118 cm³/mol. The molecule has 0 amide bonds. The van der Waals surface area contributed by atoms with E-state index >= 15 is 0 Å². The molecule has 5 aromatic rings. The molecule has 0 saturated carbocycles. The zero-order chi connectivity index (χ0) is 20.8. The number of nitrogens with zero attached hydrogens (tertiary/aromatic N) is 3. The highest BCUT2D eigenvalue weighted by Gasteiger charge is 2.12. The molecule has 0 unspecified atom stereocenters. The number of aromatic nitrogens is 3. The van der Waals surface area contributed by atoms with Gasteiger partial charge >= 0.3 is 0 Å². The molecule has 0 radical (unpaired) electrons. The third-order valence-corrected chi connectivity index (χ3v) is 5.36. The van der Waals surface area contributed by atoms with Crippen LogP contribution < -0.4 is 5.56 Å². The molecule has 0 aliphatic heterocycles. The molecule has 0 atom stereocenters.